The summed E-state index contributed by atoms with van der Waals surface area (Å²) in [5, 5.41) is 0. The number of ketones is 2. The van der Waals surface area contributed by atoms with Gasteiger partial charge in [-0.1, -0.05) is 12.2 Å². The first-order valence-corrected chi connectivity index (χ1v) is 55.4. The number of anilines is 3. The van der Waals surface area contributed by atoms with Crippen LogP contribution in [0.2, 0.25) is 0 Å². The number of fused-ring (bicyclic) bond motifs is 15. The Morgan fingerprint density at radius 1 is 0.451 bits per heavy atom. The Morgan fingerprint density at radius 2 is 0.857 bits per heavy atom. The Hall–Kier alpha value is -6.77. The van der Waals surface area contributed by atoms with Gasteiger partial charge in [0.05, 0.1) is 94.2 Å². The molecule has 9 fully saturated rings. The minimum atomic E-state index is -4.41. The maximum Gasteiger partial charge on any atom is 0.386 e. The van der Waals surface area contributed by atoms with Gasteiger partial charge in [0.2, 0.25) is 17.8 Å². The van der Waals surface area contributed by atoms with Gasteiger partial charge in [0.25, 0.3) is 16.7 Å². The summed E-state index contributed by atoms with van der Waals surface area (Å²) in [5.41, 5.74) is 21.6. The van der Waals surface area contributed by atoms with Crippen molar-refractivity contribution >= 4 is 211 Å². The van der Waals surface area contributed by atoms with Crippen molar-refractivity contribution in [3.63, 3.8) is 0 Å². The molecule has 6 bridgehead atoms. The summed E-state index contributed by atoms with van der Waals surface area (Å²) in [5.74, 6) is -1.76. The van der Waals surface area contributed by atoms with Crippen molar-refractivity contribution in [2.75, 3.05) is 56.8 Å². The number of nitrogens with zero attached hydrogens (tertiary/aromatic N) is 15. The van der Waals surface area contributed by atoms with Gasteiger partial charge < -0.3 is 130 Å². The number of halogens is 4. The van der Waals surface area contributed by atoms with Crippen LogP contribution in [0, 0.1) is 11.6 Å². The minimum Gasteiger partial charge on any atom is -0.369 e. The number of aromatic nitrogens is 15. The van der Waals surface area contributed by atoms with E-state index in [-0.39, 0.29) is 132 Å². The highest BCUT2D eigenvalue weighted by Gasteiger charge is 2.56. The zero-order valence-corrected chi connectivity index (χ0v) is 77.7. The zero-order chi connectivity index (χ0) is 93.8. The third-order valence-electron chi connectivity index (χ3n) is 22.7. The number of carbonyl (C=O) groups excluding carboxylic acids is 2. The standard InChI is InChI=1S/C22H26F2N8O9P2S2.C22H23F2N7O10P2S2.C22H25N7O10P2S2/c23-8-4-31(18-14(8)9(25)1-2-27-18)13-3-10-11(38-13)5-36-43(35,45)41-17-15(24)12(6-37-42(34,44)40-10)39-21(17)32-7-28-16-19(32)29-22(26)30-20(16)33;23-8-4-30(18-14(8)9(32)1-2-26-18)13-3-10-11(38-13)5-36-43(35,45)41-17-15(24)12(6-37-42(34,44)40-10)39-21(17)31-7-27-16-19(31)28-22(25)29-20(16)33;23-22-26-19-17(20(31)27-22)25-9-29(19)21-14-5-10(36-21)7-34-40(32,42)38-13-6-16(37-15(13)8-35-41(33,43)39-14)28-4-2-11-12(30)1-3-24-18(11)28/h2,4,7,9-13,15,17,21H,1,3,5-6,25H2,(H,34,44)(H,35,45)(H3,26,29,30,33);2,4,7,10-13,15,17,21H,1,3,5-6H2,(H,34,44)(H,35,45)(H3,25,28,29,33);2-4,9-10,13-16,21H,1,5-8H2,(H,32,42)(H,33,43)(H3,23,26,27,31)/t9?,10-,11+,12+,13+,15+,17+,21+,42?,43?;10-,11+,12+,13+,15+,17+,21+,42?,43?;10-,13-,14+,15+,16+,21+,40?,41?/m000/s1. The lowest BCUT2D eigenvalue weighted by atomic mass is 10.1. The molecule has 0 saturated carbocycles. The fourth-order valence-corrected chi connectivity index (χ4v) is 25.5. The normalized spacial score (nSPS) is 37.5. The fraction of sp³-hybridized carbons (Fsp3) is 0.515. The maximum absolute atomic E-state index is 15.9. The summed E-state index contributed by atoms with van der Waals surface area (Å²) in [6.45, 7) is -27.4. The van der Waals surface area contributed by atoms with Gasteiger partial charge in [-0.05, 0) is 65.1 Å². The van der Waals surface area contributed by atoms with Crippen LogP contribution in [0.4, 0.5) is 52.9 Å². The van der Waals surface area contributed by atoms with Crippen molar-refractivity contribution in [1.29, 1.82) is 0 Å². The van der Waals surface area contributed by atoms with Crippen molar-refractivity contribution in [2.45, 2.75) is 174 Å². The molecule has 67 heteroatoms. The van der Waals surface area contributed by atoms with Gasteiger partial charge in [0, 0.05) is 93.8 Å². The first-order valence-electron chi connectivity index (χ1n) is 39.8. The number of nitrogens with two attached hydrogens (primary N) is 4. The number of Topliss-reactive ketones (excluding diaryl/α,β-unsaturated/α-hetero) is 2. The minimum absolute atomic E-state index is 0.0163. The molecule has 716 valence electrons. The second-order valence-corrected chi connectivity index (χ2v) is 48.1. The number of hydrogen-bond acceptors (Lipinski definition) is 42. The Kier molecular flexibility index (Phi) is 26.3. The molecule has 0 spiro atoms. The highest BCUT2D eigenvalue weighted by Crippen LogP contribution is 2.61. The maximum atomic E-state index is 15.9. The molecule has 21 heterocycles. The number of thiol groups is 1. The lowest BCUT2D eigenvalue weighted by molar-refractivity contribution is -0.0598. The SMILES string of the molecule is Nc1nc2c(ncn2[C@@H]2O[C@@H]3COP(O)(=S)O[C@H]4C[C@H](n5cc(F)c6c5N=CCC6=O)O[C@@H]4COP(=O)(S)O[C@@H]2[C@@H]3F)c(=O)[nH]1.Nc1nc2c(ncn2[C@@H]2O[C@@H]3COP(O)(=S)O[C@H]4C[C@H](n5cc(F)c6c5N=CCC6N)O[C@@H]4COP(O)(=S)O[C@@H]2[C@@H]3F)c(=O)[nH]1.Nc1nc2c(ncn2[C@@H]2O[C@@H]3COP(O)(=S)O[C@H]4C[C@H](n5ccc6c5N=CCC6=O)O[C@@H]4COP(O)(=S)O[C@@H]2C3)c(=O)[nH]1. The Morgan fingerprint density at radius 3 is 1.36 bits per heavy atom. The van der Waals surface area contributed by atoms with Crippen LogP contribution in [-0.2, 0) is 146 Å². The first-order chi connectivity index (χ1) is 63.1. The van der Waals surface area contributed by atoms with Gasteiger partial charge in [0.1, 0.15) is 90.8 Å². The highest BCUT2D eigenvalue weighted by atomic mass is 32.7. The first kappa shape index (κ1) is 95.2. The van der Waals surface area contributed by atoms with Crippen LogP contribution in [0.25, 0.3) is 33.5 Å². The molecule has 7 unspecified atom stereocenters. The van der Waals surface area contributed by atoms with Crippen LogP contribution >= 0.6 is 52.6 Å². The summed E-state index contributed by atoms with van der Waals surface area (Å²) in [7, 11) is 0. The van der Waals surface area contributed by atoms with Gasteiger partial charge in [-0.25, -0.2) is 52.1 Å². The molecule has 9 saturated heterocycles. The van der Waals surface area contributed by atoms with Crippen molar-refractivity contribution in [3.05, 3.63) is 103 Å². The van der Waals surface area contributed by atoms with E-state index in [9.17, 15) is 61.8 Å². The van der Waals surface area contributed by atoms with Crippen LogP contribution in [-0.4, -0.2) is 252 Å². The van der Waals surface area contributed by atoms with Gasteiger partial charge in [-0.3, -0.25) is 66.2 Å². The quantitative estimate of drug-likeness (QED) is 0.0606. The summed E-state index contributed by atoms with van der Waals surface area (Å²) in [4.78, 5) is 161. The van der Waals surface area contributed by atoms with E-state index >= 15 is 8.78 Å². The van der Waals surface area contributed by atoms with E-state index in [1.807, 2.05) is 0 Å². The zero-order valence-electron chi connectivity index (χ0n) is 67.3. The summed E-state index contributed by atoms with van der Waals surface area (Å²) in [6, 6.07) is 1.07. The number of aromatic amines is 3. The van der Waals surface area contributed by atoms with E-state index in [2.05, 4.69) is 72.1 Å². The number of rotatable bonds is 6. The summed E-state index contributed by atoms with van der Waals surface area (Å²) in [6.07, 6.45) is -11.2. The largest absolute Gasteiger partial charge is 0.386 e. The van der Waals surface area contributed by atoms with Crippen LogP contribution in [0.3, 0.4) is 0 Å². The van der Waals surface area contributed by atoms with Crippen LogP contribution < -0.4 is 39.6 Å². The smallest absolute Gasteiger partial charge is 0.369 e. The van der Waals surface area contributed by atoms with E-state index < -0.39 is 230 Å². The van der Waals surface area contributed by atoms with Crippen LogP contribution in [0.15, 0.2) is 73.0 Å². The van der Waals surface area contributed by atoms with Crippen LogP contribution in [0.5, 0.6) is 0 Å². The number of H-pyrrole nitrogens is 3. The molecule has 51 nitrogen and oxygen atoms in total. The highest BCUT2D eigenvalue weighted by molar-refractivity contribution is 8.44. The number of imidazole rings is 3. The third-order valence-corrected chi connectivity index (χ3v) is 32.2. The topological polar surface area (TPSA) is 665 Å². The molecule has 9 aromatic rings. The molecule has 0 radical (unpaired) electrons. The Balaban J connectivity index is 0.000000129. The fourth-order valence-electron chi connectivity index (χ4n) is 16.8. The van der Waals surface area contributed by atoms with Gasteiger partial charge >= 0.3 is 40.4 Å². The molecule has 0 aromatic carbocycles. The van der Waals surface area contributed by atoms with E-state index in [4.69, 9.17) is 165 Å². The molecule has 16 N–H and O–H groups in total. The van der Waals surface area contributed by atoms with Gasteiger partial charge in [-0.15, -0.1) is 0 Å². The number of hydrogen-bond donors (Lipinski definition) is 13. The monoisotopic (exact) mass is 2090 g/mol. The predicted octanol–water partition coefficient (Wildman–Crippen LogP) is 4.77. The number of alkyl halides is 2. The molecular weight excluding hydrogens is 2020 g/mol. The number of aliphatic imine (C=N–C) groups is 3. The molecule has 0 amide bonds. The molecule has 12 aliphatic heterocycles. The average Bonchev–Trinajstić information content (AvgIpc) is 1.64. The number of nitrogen functional groups attached to an aromatic ring is 3. The van der Waals surface area contributed by atoms with Crippen molar-refractivity contribution < 1.29 is 139 Å². The Labute approximate surface area is 771 Å². The van der Waals surface area contributed by atoms with E-state index in [0.717, 1.165) is 23.4 Å². The summed E-state index contributed by atoms with van der Waals surface area (Å²) < 4.78 is 187. The molecule has 21 rings (SSSR count). The summed E-state index contributed by atoms with van der Waals surface area (Å²) >= 11 is 30.3. The van der Waals surface area contributed by atoms with Gasteiger partial charge in [-0.2, -0.15) is 15.0 Å². The second-order valence-electron chi connectivity index (χ2n) is 31.3. The molecule has 27 atom stereocenters. The number of carbonyl (C=O) groups is 2. The van der Waals surface area contributed by atoms with Crippen molar-refractivity contribution in [1.82, 2.24) is 72.3 Å². The van der Waals surface area contributed by atoms with Gasteiger partial charge in [0.15, 0.2) is 81.9 Å². The Bertz CT molecular complexity index is 6770. The third kappa shape index (κ3) is 19.4. The molecule has 12 aliphatic rings. The lowest BCUT2D eigenvalue weighted by Crippen LogP contribution is -2.32. The molecule has 133 heavy (non-hydrogen) atoms. The number of nitrogens with one attached hydrogen (secondary N) is 3. The molecule has 9 aromatic heterocycles. The molecular formula is C66H74F4N22O29P6S6. The average molecular weight is 2090 g/mol. The van der Waals surface area contributed by atoms with E-state index in [1.54, 1.807) is 23.0 Å². The van der Waals surface area contributed by atoms with Crippen molar-refractivity contribution in [2.24, 2.45) is 20.7 Å². The van der Waals surface area contributed by atoms with Crippen LogP contribution in [0.1, 0.15) is 115 Å². The number of ether oxygens (including phenoxy) is 6. The van der Waals surface area contributed by atoms with E-state index in [1.165, 1.54) is 43.2 Å². The van der Waals surface area contributed by atoms with Crippen molar-refractivity contribution in [3.8, 4) is 0 Å². The van der Waals surface area contributed by atoms with E-state index in [0.29, 0.717) is 17.8 Å². The second kappa shape index (κ2) is 36.8. The lowest BCUT2D eigenvalue weighted by Gasteiger charge is -2.27. The molecule has 0 aliphatic carbocycles. The predicted molar refractivity (Wildman–Crippen MR) is 471 cm³/mol.